The highest BCUT2D eigenvalue weighted by molar-refractivity contribution is 9.10. The van der Waals surface area contributed by atoms with E-state index in [1.807, 2.05) is 31.2 Å². The summed E-state index contributed by atoms with van der Waals surface area (Å²) in [6, 6.07) is 14.3. The molecule has 5 nitrogen and oxygen atoms in total. The molecule has 1 aliphatic heterocycles. The normalized spacial score (nSPS) is 14.4. The van der Waals surface area contributed by atoms with Gasteiger partial charge >= 0.3 is 0 Å². The molecule has 1 saturated heterocycles. The molecule has 1 amide bonds. The molecule has 2 aromatic carbocycles. The zero-order chi connectivity index (χ0) is 21.1. The number of anilines is 2. The van der Waals surface area contributed by atoms with Crippen LogP contribution in [0, 0.1) is 13.0 Å². The summed E-state index contributed by atoms with van der Waals surface area (Å²) in [5.41, 5.74) is 3.00. The van der Waals surface area contributed by atoms with Crippen LogP contribution in [0.25, 0.3) is 10.9 Å². The summed E-state index contributed by atoms with van der Waals surface area (Å²) in [6.45, 7) is 3.95. The van der Waals surface area contributed by atoms with Crippen LogP contribution < -0.4 is 15.0 Å². The molecule has 4 rings (SSSR count). The first-order chi connectivity index (χ1) is 14.6. The van der Waals surface area contributed by atoms with Crippen LogP contribution in [0.5, 0.6) is 5.75 Å². The number of pyridine rings is 1. The van der Waals surface area contributed by atoms with E-state index >= 15 is 0 Å². The number of amides is 1. The Kier molecular flexibility index (Phi) is 6.23. The van der Waals surface area contributed by atoms with E-state index in [0.717, 1.165) is 52.7 Å². The van der Waals surface area contributed by atoms with Gasteiger partial charge in [-0.2, -0.15) is 0 Å². The Labute approximate surface area is 185 Å². The molecular weight excluding hydrogens is 442 g/mol. The Morgan fingerprint density at radius 1 is 1.17 bits per heavy atom. The van der Waals surface area contributed by atoms with Gasteiger partial charge in [0.05, 0.1) is 18.2 Å². The number of fused-ring (bicyclic) bond motifs is 1. The van der Waals surface area contributed by atoms with Crippen LogP contribution >= 0.6 is 15.9 Å². The van der Waals surface area contributed by atoms with Gasteiger partial charge in [-0.05, 0) is 56.2 Å². The summed E-state index contributed by atoms with van der Waals surface area (Å²) in [5, 5.41) is 3.83. The zero-order valence-electron chi connectivity index (χ0n) is 17.3. The highest BCUT2D eigenvalue weighted by Crippen LogP contribution is 2.32. The van der Waals surface area contributed by atoms with E-state index in [9.17, 15) is 4.79 Å². The van der Waals surface area contributed by atoms with Crippen molar-refractivity contribution < 1.29 is 9.53 Å². The largest absolute Gasteiger partial charge is 0.497 e. The maximum absolute atomic E-state index is 13.4. The first kappa shape index (κ1) is 20.7. The van der Waals surface area contributed by atoms with E-state index in [0.29, 0.717) is 17.0 Å². The summed E-state index contributed by atoms with van der Waals surface area (Å²) in [7, 11) is 1.61. The molecule has 1 aromatic heterocycles. The molecule has 6 heteroatoms. The molecule has 0 aliphatic carbocycles. The third-order valence-corrected chi connectivity index (χ3v) is 6.06. The number of ether oxygens (including phenoxy) is 1. The standard InChI is InChI=1S/C24H25BrN3O2/c1-16-22(24(29)26-18-8-10-19(30-2)11-9-18)20-15-17(25)7-12-21(20)27-23(16)28-13-5-3-4-6-14-28/h7-8,10-12,15H,3-6,13-14H2,1-2H3,(H,26,29). The van der Waals surface area contributed by atoms with E-state index in [-0.39, 0.29) is 5.91 Å². The smallest absolute Gasteiger partial charge is 0.256 e. The van der Waals surface area contributed by atoms with E-state index in [1.54, 1.807) is 19.2 Å². The summed E-state index contributed by atoms with van der Waals surface area (Å²) >= 11 is 3.54. The topological polar surface area (TPSA) is 54.5 Å². The molecule has 1 aliphatic rings. The van der Waals surface area contributed by atoms with Gasteiger partial charge in [0.25, 0.3) is 5.91 Å². The van der Waals surface area contributed by atoms with Crippen LogP contribution in [-0.4, -0.2) is 31.1 Å². The third-order valence-electron chi connectivity index (χ3n) is 5.57. The third kappa shape index (κ3) is 4.29. The Balaban J connectivity index is 1.78. The van der Waals surface area contributed by atoms with Crippen LogP contribution in [0.15, 0.2) is 40.9 Å². The molecule has 0 atom stereocenters. The number of methoxy groups -OCH3 is 1. The van der Waals surface area contributed by atoms with E-state index < -0.39 is 0 Å². The fourth-order valence-electron chi connectivity index (χ4n) is 4.00. The Bertz CT molecular complexity index is 1060. The minimum atomic E-state index is -0.157. The van der Waals surface area contributed by atoms with E-state index in [4.69, 9.17) is 9.72 Å². The SMILES string of the molecule is COc1c[c]c(NC(=O)c2c(C)c(N3CCCCCC3)nc3ccc(Br)cc23)cc1. The molecule has 1 fully saturated rings. The maximum atomic E-state index is 13.4. The number of benzene rings is 2. The number of halogens is 1. The number of carbonyl (C=O) groups excluding carboxylic acids is 1. The lowest BCUT2D eigenvalue weighted by Gasteiger charge is -2.25. The second kappa shape index (κ2) is 9.04. The first-order valence-electron chi connectivity index (χ1n) is 10.3. The van der Waals surface area contributed by atoms with Crippen molar-refractivity contribution in [2.45, 2.75) is 32.6 Å². The quantitative estimate of drug-likeness (QED) is 0.531. The number of hydrogen-bond acceptors (Lipinski definition) is 4. The van der Waals surface area contributed by atoms with Gasteiger partial charge in [-0.15, -0.1) is 0 Å². The summed E-state index contributed by atoms with van der Waals surface area (Å²) in [6.07, 6.45) is 4.80. The van der Waals surface area contributed by atoms with Crippen LogP contribution in [0.1, 0.15) is 41.6 Å². The molecular formula is C24H25BrN3O2. The highest BCUT2D eigenvalue weighted by Gasteiger charge is 2.22. The van der Waals surface area contributed by atoms with Gasteiger partial charge in [0.1, 0.15) is 11.6 Å². The molecule has 3 aromatic rings. The average molecular weight is 467 g/mol. The predicted octanol–water partition coefficient (Wildman–Crippen LogP) is 5.75. The van der Waals surface area contributed by atoms with Crippen LogP contribution in [0.2, 0.25) is 0 Å². The second-order valence-corrected chi connectivity index (χ2v) is 8.51. The number of aromatic nitrogens is 1. The van der Waals surface area contributed by atoms with Crippen LogP contribution in [0.4, 0.5) is 11.5 Å². The van der Waals surface area contributed by atoms with Gasteiger partial charge in [0.15, 0.2) is 0 Å². The van der Waals surface area contributed by atoms with Crippen LogP contribution in [-0.2, 0) is 0 Å². The van der Waals surface area contributed by atoms with Gasteiger partial charge in [-0.25, -0.2) is 4.98 Å². The highest BCUT2D eigenvalue weighted by atomic mass is 79.9. The molecule has 0 bridgehead atoms. The molecule has 0 spiro atoms. The van der Waals surface area contributed by atoms with Gasteiger partial charge in [0.2, 0.25) is 0 Å². The van der Waals surface area contributed by atoms with Crippen LogP contribution in [0.3, 0.4) is 0 Å². The lowest BCUT2D eigenvalue weighted by atomic mass is 10.0. The fraction of sp³-hybridized carbons (Fsp3) is 0.333. The minimum Gasteiger partial charge on any atom is -0.497 e. The Hall–Kier alpha value is -2.60. The van der Waals surface area contributed by atoms with Gasteiger partial charge in [-0.3, -0.25) is 4.79 Å². The average Bonchev–Trinajstić information content (AvgIpc) is 3.03. The molecule has 1 N–H and O–H groups in total. The lowest BCUT2D eigenvalue weighted by molar-refractivity contribution is 0.102. The minimum absolute atomic E-state index is 0.157. The van der Waals surface area contributed by atoms with Crippen molar-refractivity contribution in [3.8, 4) is 5.75 Å². The summed E-state index contributed by atoms with van der Waals surface area (Å²) in [4.78, 5) is 20.7. The zero-order valence-corrected chi connectivity index (χ0v) is 18.9. The first-order valence-corrected chi connectivity index (χ1v) is 11.1. The molecule has 0 saturated carbocycles. The molecule has 0 unspecified atom stereocenters. The van der Waals surface area contributed by atoms with Crippen molar-refractivity contribution in [1.29, 1.82) is 0 Å². The predicted molar refractivity (Wildman–Crippen MR) is 125 cm³/mol. The van der Waals surface area contributed by atoms with Crippen molar-refractivity contribution in [3.63, 3.8) is 0 Å². The van der Waals surface area contributed by atoms with Crippen molar-refractivity contribution in [2.75, 3.05) is 30.4 Å². The number of nitrogens with one attached hydrogen (secondary N) is 1. The van der Waals surface area contributed by atoms with Gasteiger partial charge in [0, 0.05) is 40.3 Å². The molecule has 2 heterocycles. The number of nitrogens with zero attached hydrogens (tertiary/aromatic N) is 2. The molecule has 30 heavy (non-hydrogen) atoms. The Morgan fingerprint density at radius 2 is 1.93 bits per heavy atom. The number of rotatable bonds is 4. The second-order valence-electron chi connectivity index (χ2n) is 7.59. The van der Waals surface area contributed by atoms with Gasteiger partial charge < -0.3 is 15.0 Å². The van der Waals surface area contributed by atoms with Crippen molar-refractivity contribution >= 4 is 44.2 Å². The van der Waals surface area contributed by atoms with Gasteiger partial charge in [-0.1, -0.05) is 28.8 Å². The Morgan fingerprint density at radius 3 is 2.60 bits per heavy atom. The van der Waals surface area contributed by atoms with Crippen molar-refractivity contribution in [3.05, 3.63) is 58.1 Å². The molecule has 1 radical (unpaired) electrons. The summed E-state index contributed by atoms with van der Waals surface area (Å²) < 4.78 is 6.10. The van der Waals surface area contributed by atoms with Crippen molar-refractivity contribution in [1.82, 2.24) is 4.98 Å². The molecule has 155 valence electrons. The number of hydrogen-bond donors (Lipinski definition) is 1. The fourth-order valence-corrected chi connectivity index (χ4v) is 4.36. The van der Waals surface area contributed by atoms with Crippen molar-refractivity contribution in [2.24, 2.45) is 0 Å². The lowest BCUT2D eigenvalue weighted by Crippen LogP contribution is -2.27. The summed E-state index contributed by atoms with van der Waals surface area (Å²) in [5.74, 6) is 1.46. The van der Waals surface area contributed by atoms with E-state index in [1.165, 1.54) is 12.8 Å². The van der Waals surface area contributed by atoms with E-state index in [2.05, 4.69) is 32.2 Å². The monoisotopic (exact) mass is 466 g/mol. The maximum Gasteiger partial charge on any atom is 0.256 e. The number of carbonyl (C=O) groups is 1.